The Morgan fingerprint density at radius 1 is 1.11 bits per heavy atom. The Morgan fingerprint density at radius 2 is 1.81 bits per heavy atom. The Labute approximate surface area is 161 Å². The number of nitrogens with zero attached hydrogens (tertiary/aromatic N) is 1. The third kappa shape index (κ3) is 5.68. The van der Waals surface area contributed by atoms with E-state index >= 15 is 0 Å². The van der Waals surface area contributed by atoms with Crippen LogP contribution in [0.15, 0.2) is 48.5 Å². The molecule has 0 radical (unpaired) electrons. The van der Waals surface area contributed by atoms with E-state index in [-0.39, 0.29) is 5.82 Å². The van der Waals surface area contributed by atoms with Crippen LogP contribution in [0.25, 0.3) is 0 Å². The summed E-state index contributed by atoms with van der Waals surface area (Å²) in [5.41, 5.74) is 1.98. The molecule has 1 atom stereocenters. The molecule has 0 aromatic heterocycles. The van der Waals surface area contributed by atoms with Crippen LogP contribution in [-0.2, 0) is 6.42 Å². The van der Waals surface area contributed by atoms with Gasteiger partial charge in [0.25, 0.3) is 0 Å². The molecule has 0 amide bonds. The molecule has 1 fully saturated rings. The summed E-state index contributed by atoms with van der Waals surface area (Å²) in [6.45, 7) is 6.48. The van der Waals surface area contributed by atoms with Crippen LogP contribution in [0.2, 0.25) is 0 Å². The first kappa shape index (κ1) is 19.6. The highest BCUT2D eigenvalue weighted by Crippen LogP contribution is 2.18. The van der Waals surface area contributed by atoms with Gasteiger partial charge < -0.3 is 19.6 Å². The first-order valence-corrected chi connectivity index (χ1v) is 9.88. The molecule has 1 aliphatic heterocycles. The van der Waals surface area contributed by atoms with Gasteiger partial charge in [0.1, 0.15) is 30.8 Å². The minimum Gasteiger partial charge on any atom is -0.491 e. The van der Waals surface area contributed by atoms with Gasteiger partial charge in [-0.15, -0.1) is 0 Å². The standard InChI is InChI=1S/C22H29FN2O2/c1-2-5-18-8-10-20(11-9-18)27-17-19(26)16-24-12-14-25(15-13-24)22-7-4-3-6-21(22)23/h3-4,6-11,19,26H,2,5,12-17H2,1H3/p+1/t19-/m1/s1. The van der Waals surface area contributed by atoms with Crippen LogP contribution in [0.1, 0.15) is 18.9 Å². The number of ether oxygens (including phenoxy) is 1. The second-order valence-electron chi connectivity index (χ2n) is 7.25. The zero-order valence-electron chi connectivity index (χ0n) is 16.0. The zero-order valence-corrected chi connectivity index (χ0v) is 16.0. The number of hydrogen-bond donors (Lipinski definition) is 2. The SMILES string of the molecule is CCCc1ccc(OC[C@H](O)C[NH+]2CCN(c3ccccc3F)CC2)cc1. The smallest absolute Gasteiger partial charge is 0.146 e. The Balaban J connectivity index is 1.40. The van der Waals surface area contributed by atoms with Crippen molar-refractivity contribution in [3.8, 4) is 5.75 Å². The lowest BCUT2D eigenvalue weighted by molar-refractivity contribution is -0.903. The van der Waals surface area contributed by atoms with Crippen molar-refractivity contribution in [3.63, 3.8) is 0 Å². The fourth-order valence-electron chi connectivity index (χ4n) is 3.60. The van der Waals surface area contributed by atoms with Gasteiger partial charge in [-0.1, -0.05) is 37.6 Å². The molecule has 1 saturated heterocycles. The number of aliphatic hydroxyl groups is 1. The predicted molar refractivity (Wildman–Crippen MR) is 106 cm³/mol. The Hall–Kier alpha value is -2.11. The summed E-state index contributed by atoms with van der Waals surface area (Å²) in [7, 11) is 0. The summed E-state index contributed by atoms with van der Waals surface area (Å²) in [6, 6.07) is 15.0. The van der Waals surface area contributed by atoms with Gasteiger partial charge in [0.15, 0.2) is 0 Å². The molecule has 4 nitrogen and oxygen atoms in total. The molecule has 2 N–H and O–H groups in total. The van der Waals surface area contributed by atoms with Gasteiger partial charge in [0, 0.05) is 0 Å². The van der Waals surface area contributed by atoms with E-state index in [1.54, 1.807) is 6.07 Å². The summed E-state index contributed by atoms with van der Waals surface area (Å²) in [5, 5.41) is 10.3. The van der Waals surface area contributed by atoms with E-state index in [0.29, 0.717) is 18.8 Å². The molecule has 1 aliphatic rings. The number of hydrogen-bond acceptors (Lipinski definition) is 3. The fourth-order valence-corrected chi connectivity index (χ4v) is 3.60. The van der Waals surface area contributed by atoms with Crippen LogP contribution in [0, 0.1) is 5.82 Å². The Kier molecular flexibility index (Phi) is 7.07. The van der Waals surface area contributed by atoms with Crippen LogP contribution < -0.4 is 14.5 Å². The zero-order chi connectivity index (χ0) is 19.1. The largest absolute Gasteiger partial charge is 0.491 e. The van der Waals surface area contributed by atoms with Crippen molar-refractivity contribution in [2.75, 3.05) is 44.2 Å². The van der Waals surface area contributed by atoms with E-state index in [1.807, 2.05) is 24.3 Å². The van der Waals surface area contributed by atoms with Crippen LogP contribution in [0.5, 0.6) is 5.75 Å². The molecule has 0 spiro atoms. The molecule has 146 valence electrons. The number of anilines is 1. The van der Waals surface area contributed by atoms with Gasteiger partial charge in [-0.05, 0) is 36.2 Å². The highest BCUT2D eigenvalue weighted by atomic mass is 19.1. The van der Waals surface area contributed by atoms with Crippen molar-refractivity contribution < 1.29 is 19.1 Å². The fraction of sp³-hybridized carbons (Fsp3) is 0.455. The monoisotopic (exact) mass is 373 g/mol. The van der Waals surface area contributed by atoms with Gasteiger partial charge in [0.05, 0.1) is 31.9 Å². The lowest BCUT2D eigenvalue weighted by Crippen LogP contribution is -3.16. The molecule has 0 saturated carbocycles. The molecular weight excluding hydrogens is 343 g/mol. The summed E-state index contributed by atoms with van der Waals surface area (Å²) in [6.07, 6.45) is 1.70. The predicted octanol–water partition coefficient (Wildman–Crippen LogP) is 1.92. The number of rotatable bonds is 8. The molecule has 3 rings (SSSR count). The maximum atomic E-state index is 13.9. The molecule has 2 aromatic rings. The van der Waals surface area contributed by atoms with Crippen molar-refractivity contribution in [1.29, 1.82) is 0 Å². The van der Waals surface area contributed by atoms with E-state index in [0.717, 1.165) is 44.8 Å². The van der Waals surface area contributed by atoms with Gasteiger partial charge in [-0.25, -0.2) is 4.39 Å². The quantitative estimate of drug-likeness (QED) is 0.742. The van der Waals surface area contributed by atoms with Gasteiger partial charge in [-0.2, -0.15) is 0 Å². The van der Waals surface area contributed by atoms with E-state index in [9.17, 15) is 9.50 Å². The molecule has 1 heterocycles. The second kappa shape index (κ2) is 9.72. The van der Waals surface area contributed by atoms with Gasteiger partial charge in [0.2, 0.25) is 0 Å². The number of nitrogens with one attached hydrogen (secondary N) is 1. The number of benzene rings is 2. The Morgan fingerprint density at radius 3 is 2.48 bits per heavy atom. The lowest BCUT2D eigenvalue weighted by Gasteiger charge is -2.34. The third-order valence-electron chi connectivity index (χ3n) is 5.09. The number of piperazine rings is 1. The highest BCUT2D eigenvalue weighted by molar-refractivity contribution is 5.47. The molecule has 0 bridgehead atoms. The van der Waals surface area contributed by atoms with Gasteiger partial charge in [-0.3, -0.25) is 0 Å². The summed E-state index contributed by atoms with van der Waals surface area (Å²) in [4.78, 5) is 3.41. The van der Waals surface area contributed by atoms with E-state index < -0.39 is 6.10 Å². The Bertz CT molecular complexity index is 700. The highest BCUT2D eigenvalue weighted by Gasteiger charge is 2.24. The maximum absolute atomic E-state index is 13.9. The van der Waals surface area contributed by atoms with Gasteiger partial charge >= 0.3 is 0 Å². The topological polar surface area (TPSA) is 37.1 Å². The van der Waals surface area contributed by atoms with E-state index in [1.165, 1.54) is 16.5 Å². The van der Waals surface area contributed by atoms with Crippen LogP contribution in [0.4, 0.5) is 10.1 Å². The maximum Gasteiger partial charge on any atom is 0.146 e. The first-order valence-electron chi connectivity index (χ1n) is 9.88. The number of aliphatic hydroxyl groups excluding tert-OH is 1. The summed E-state index contributed by atoms with van der Waals surface area (Å²) >= 11 is 0. The van der Waals surface area contributed by atoms with Crippen molar-refractivity contribution >= 4 is 5.69 Å². The summed E-state index contributed by atoms with van der Waals surface area (Å²) in [5.74, 6) is 0.632. The second-order valence-corrected chi connectivity index (χ2v) is 7.25. The van der Waals surface area contributed by atoms with Crippen molar-refractivity contribution in [1.82, 2.24) is 0 Å². The molecular formula is C22H30FN2O2+. The molecule has 2 aromatic carbocycles. The third-order valence-corrected chi connectivity index (χ3v) is 5.09. The summed E-state index contributed by atoms with van der Waals surface area (Å²) < 4.78 is 19.6. The number of halogens is 1. The van der Waals surface area contributed by atoms with E-state index in [4.69, 9.17) is 4.74 Å². The molecule has 0 aliphatic carbocycles. The molecule has 0 unspecified atom stereocenters. The number of aryl methyl sites for hydroxylation is 1. The number of quaternary nitrogens is 1. The average molecular weight is 373 g/mol. The molecule has 5 heteroatoms. The minimum atomic E-state index is -0.504. The first-order chi connectivity index (χ1) is 13.2. The normalized spacial score (nSPS) is 16.3. The molecule has 27 heavy (non-hydrogen) atoms. The average Bonchev–Trinajstić information content (AvgIpc) is 2.69. The van der Waals surface area contributed by atoms with Crippen LogP contribution in [0.3, 0.4) is 0 Å². The van der Waals surface area contributed by atoms with Crippen molar-refractivity contribution in [2.24, 2.45) is 0 Å². The number of para-hydroxylation sites is 1. The van der Waals surface area contributed by atoms with E-state index in [2.05, 4.69) is 24.0 Å². The van der Waals surface area contributed by atoms with Crippen molar-refractivity contribution in [2.45, 2.75) is 25.9 Å². The lowest BCUT2D eigenvalue weighted by atomic mass is 10.1. The van der Waals surface area contributed by atoms with Crippen LogP contribution in [-0.4, -0.2) is 50.5 Å². The van der Waals surface area contributed by atoms with Crippen LogP contribution >= 0.6 is 0 Å². The van der Waals surface area contributed by atoms with Crippen molar-refractivity contribution in [3.05, 3.63) is 59.9 Å². The minimum absolute atomic E-state index is 0.167.